The molecule has 63 heavy (non-hydrogen) atoms. The van der Waals surface area contributed by atoms with Crippen LogP contribution >= 0.6 is 0 Å². The molecule has 0 aromatic rings. The van der Waals surface area contributed by atoms with Crippen molar-refractivity contribution in [3.05, 3.63) is 85.1 Å². The maximum absolute atomic E-state index is 12.7. The lowest BCUT2D eigenvalue weighted by Gasteiger charge is -2.18. The summed E-state index contributed by atoms with van der Waals surface area (Å²) in [5, 5.41) is 0. The predicted octanol–water partition coefficient (Wildman–Crippen LogP) is 17.2. The van der Waals surface area contributed by atoms with Crippen molar-refractivity contribution in [3.8, 4) is 0 Å². The van der Waals surface area contributed by atoms with Crippen molar-refractivity contribution >= 4 is 17.9 Å². The first-order valence-corrected chi connectivity index (χ1v) is 26.1. The second kappa shape index (κ2) is 51.2. The Labute approximate surface area is 388 Å². The summed E-state index contributed by atoms with van der Waals surface area (Å²) in [4.78, 5) is 37.9. The third-order valence-corrected chi connectivity index (χ3v) is 10.9. The number of unbranched alkanes of at least 4 members (excludes halogenated alkanes) is 21. The Balaban J connectivity index is 4.28. The molecule has 0 heterocycles. The molecule has 1 unspecified atom stereocenters. The maximum atomic E-state index is 12.7. The predicted molar refractivity (Wildman–Crippen MR) is 270 cm³/mol. The van der Waals surface area contributed by atoms with E-state index in [9.17, 15) is 14.4 Å². The fourth-order valence-electron chi connectivity index (χ4n) is 7.04. The van der Waals surface area contributed by atoms with Gasteiger partial charge in [0.1, 0.15) is 13.2 Å². The van der Waals surface area contributed by atoms with E-state index in [2.05, 4.69) is 106 Å². The molecule has 0 radical (unpaired) electrons. The van der Waals surface area contributed by atoms with Gasteiger partial charge in [-0.3, -0.25) is 14.4 Å². The number of hydrogen-bond acceptors (Lipinski definition) is 6. The van der Waals surface area contributed by atoms with Crippen molar-refractivity contribution < 1.29 is 28.6 Å². The quantitative estimate of drug-likeness (QED) is 0.0262. The highest BCUT2D eigenvalue weighted by molar-refractivity contribution is 5.71. The number of rotatable bonds is 46. The Hall–Kier alpha value is -3.41. The van der Waals surface area contributed by atoms with Gasteiger partial charge >= 0.3 is 17.9 Å². The number of hydrogen-bond donors (Lipinski definition) is 0. The summed E-state index contributed by atoms with van der Waals surface area (Å²) in [6.07, 6.45) is 65.8. The van der Waals surface area contributed by atoms with E-state index in [1.807, 2.05) is 0 Å². The van der Waals surface area contributed by atoms with Gasteiger partial charge in [-0.15, -0.1) is 0 Å². The van der Waals surface area contributed by atoms with Crippen LogP contribution < -0.4 is 0 Å². The average Bonchev–Trinajstić information content (AvgIpc) is 3.28. The van der Waals surface area contributed by atoms with E-state index >= 15 is 0 Å². The second-order valence-electron chi connectivity index (χ2n) is 17.0. The SMILES string of the molecule is CC/C=C\C/C=C\C/C=C\C/C=C\CCCCCCCCCCCCC(=O)OCC(COC(=O)CCCCCCCCCCC)OC(=O)CCCCC/C=C\C/C=C\C/C=C\CC. The summed E-state index contributed by atoms with van der Waals surface area (Å²) in [6.45, 7) is 6.36. The van der Waals surface area contributed by atoms with Gasteiger partial charge < -0.3 is 14.2 Å². The third-order valence-electron chi connectivity index (χ3n) is 10.9. The van der Waals surface area contributed by atoms with Crippen LogP contribution in [0.2, 0.25) is 0 Å². The van der Waals surface area contributed by atoms with Crippen molar-refractivity contribution in [2.24, 2.45) is 0 Å². The highest BCUT2D eigenvalue weighted by Crippen LogP contribution is 2.14. The third kappa shape index (κ3) is 49.5. The van der Waals surface area contributed by atoms with Gasteiger partial charge in [-0.2, -0.15) is 0 Å². The molecular weight excluding hydrogens is 781 g/mol. The van der Waals surface area contributed by atoms with Crippen molar-refractivity contribution in [1.29, 1.82) is 0 Å². The Morgan fingerprint density at radius 1 is 0.333 bits per heavy atom. The van der Waals surface area contributed by atoms with Gasteiger partial charge in [0.25, 0.3) is 0 Å². The van der Waals surface area contributed by atoms with Gasteiger partial charge in [-0.05, 0) is 89.9 Å². The molecule has 0 saturated heterocycles. The van der Waals surface area contributed by atoms with Crippen molar-refractivity contribution in [2.45, 2.75) is 245 Å². The minimum atomic E-state index is -0.790. The Morgan fingerprint density at radius 2 is 0.619 bits per heavy atom. The maximum Gasteiger partial charge on any atom is 0.306 e. The van der Waals surface area contributed by atoms with Gasteiger partial charge in [-0.1, -0.05) is 215 Å². The minimum absolute atomic E-state index is 0.0886. The molecule has 6 heteroatoms. The zero-order chi connectivity index (χ0) is 45.8. The van der Waals surface area contributed by atoms with Crippen molar-refractivity contribution in [2.75, 3.05) is 13.2 Å². The molecule has 0 rings (SSSR count). The first kappa shape index (κ1) is 59.6. The van der Waals surface area contributed by atoms with Crippen LogP contribution in [0.1, 0.15) is 239 Å². The van der Waals surface area contributed by atoms with E-state index < -0.39 is 6.10 Å². The molecule has 0 aromatic carbocycles. The van der Waals surface area contributed by atoms with E-state index in [1.165, 1.54) is 89.9 Å². The van der Waals surface area contributed by atoms with Gasteiger partial charge in [0.15, 0.2) is 6.10 Å². The first-order valence-electron chi connectivity index (χ1n) is 26.1. The summed E-state index contributed by atoms with van der Waals surface area (Å²) < 4.78 is 16.7. The lowest BCUT2D eigenvalue weighted by Crippen LogP contribution is -2.30. The number of ether oxygens (including phenoxy) is 3. The van der Waals surface area contributed by atoms with Crippen LogP contribution in [-0.4, -0.2) is 37.2 Å². The highest BCUT2D eigenvalue weighted by Gasteiger charge is 2.19. The van der Waals surface area contributed by atoms with Gasteiger partial charge in [0, 0.05) is 19.3 Å². The molecule has 0 saturated carbocycles. The van der Waals surface area contributed by atoms with Crippen LogP contribution in [0.25, 0.3) is 0 Å². The molecule has 0 aliphatic heterocycles. The summed E-state index contributed by atoms with van der Waals surface area (Å²) in [7, 11) is 0. The summed E-state index contributed by atoms with van der Waals surface area (Å²) >= 11 is 0. The normalized spacial score (nSPS) is 12.7. The smallest absolute Gasteiger partial charge is 0.306 e. The molecule has 1 atom stereocenters. The van der Waals surface area contributed by atoms with Crippen LogP contribution in [0.4, 0.5) is 0 Å². The van der Waals surface area contributed by atoms with Crippen molar-refractivity contribution in [1.82, 2.24) is 0 Å². The average molecular weight is 877 g/mol. The number of esters is 3. The molecule has 0 amide bonds. The fraction of sp³-hybridized carbons (Fsp3) is 0.702. The second-order valence-corrected chi connectivity index (χ2v) is 17.0. The van der Waals surface area contributed by atoms with Crippen LogP contribution in [0.3, 0.4) is 0 Å². The van der Waals surface area contributed by atoms with Gasteiger partial charge in [-0.25, -0.2) is 0 Å². The molecule has 0 aliphatic carbocycles. The number of allylic oxidation sites excluding steroid dienone is 14. The Kier molecular flexibility index (Phi) is 48.5. The van der Waals surface area contributed by atoms with E-state index in [0.29, 0.717) is 19.3 Å². The van der Waals surface area contributed by atoms with Crippen LogP contribution in [0.15, 0.2) is 85.1 Å². The molecule has 0 N–H and O–H groups in total. The van der Waals surface area contributed by atoms with E-state index in [4.69, 9.17) is 14.2 Å². The van der Waals surface area contributed by atoms with E-state index in [-0.39, 0.29) is 31.1 Å². The number of carbonyl (C=O) groups is 3. The molecule has 0 bridgehead atoms. The molecule has 0 spiro atoms. The van der Waals surface area contributed by atoms with E-state index in [1.54, 1.807) is 0 Å². The van der Waals surface area contributed by atoms with E-state index in [0.717, 1.165) is 109 Å². The molecular formula is C57H96O6. The fourth-order valence-corrected chi connectivity index (χ4v) is 7.04. The van der Waals surface area contributed by atoms with Crippen LogP contribution in [-0.2, 0) is 28.6 Å². The standard InChI is InChI=1S/C57H96O6/c1-4-7-10-13-16-19-21-23-24-25-26-27-28-29-30-31-32-34-35-38-41-44-47-50-56(59)62-53-54(52-61-55(58)49-46-43-40-37-18-15-12-9-6-3)63-57(60)51-48-45-42-39-36-33-22-20-17-14-11-8-5-2/h7-8,10-11,16-17,19-20,23-24,26-27,33,36,54H,4-6,9,12-15,18,21-22,25,28-32,34-35,37-53H2,1-3H3/b10-7-,11-8-,19-16-,20-17-,24-23-,27-26-,36-33-. The Bertz CT molecular complexity index is 1240. The summed E-state index contributed by atoms with van der Waals surface area (Å²) in [5.74, 6) is -0.926. The summed E-state index contributed by atoms with van der Waals surface area (Å²) in [5.41, 5.74) is 0. The summed E-state index contributed by atoms with van der Waals surface area (Å²) in [6, 6.07) is 0. The minimum Gasteiger partial charge on any atom is -0.462 e. The van der Waals surface area contributed by atoms with Gasteiger partial charge in [0.05, 0.1) is 0 Å². The molecule has 360 valence electrons. The topological polar surface area (TPSA) is 78.9 Å². The van der Waals surface area contributed by atoms with Crippen molar-refractivity contribution in [3.63, 3.8) is 0 Å². The first-order chi connectivity index (χ1) is 31.0. The molecule has 0 aromatic heterocycles. The molecule has 0 aliphatic rings. The van der Waals surface area contributed by atoms with Crippen LogP contribution in [0, 0.1) is 0 Å². The Morgan fingerprint density at radius 3 is 0.984 bits per heavy atom. The zero-order valence-corrected chi connectivity index (χ0v) is 41.1. The lowest BCUT2D eigenvalue weighted by atomic mass is 10.1. The van der Waals surface area contributed by atoms with Gasteiger partial charge in [0.2, 0.25) is 0 Å². The monoisotopic (exact) mass is 877 g/mol. The number of carbonyl (C=O) groups excluding carboxylic acids is 3. The highest BCUT2D eigenvalue weighted by atomic mass is 16.6. The molecule has 6 nitrogen and oxygen atoms in total. The zero-order valence-electron chi connectivity index (χ0n) is 41.1. The largest absolute Gasteiger partial charge is 0.462 e. The van der Waals surface area contributed by atoms with Crippen LogP contribution in [0.5, 0.6) is 0 Å². The lowest BCUT2D eigenvalue weighted by molar-refractivity contribution is -0.167. The molecule has 0 fully saturated rings.